The third-order valence-corrected chi connectivity index (χ3v) is 4.18. The molecule has 0 aliphatic heterocycles. The van der Waals surface area contributed by atoms with E-state index in [1.807, 2.05) is 13.0 Å². The zero-order chi connectivity index (χ0) is 13.4. The first-order valence-electron chi connectivity index (χ1n) is 6.99. The van der Waals surface area contributed by atoms with Crippen LogP contribution in [0.25, 0.3) is 11.1 Å². The van der Waals surface area contributed by atoms with Gasteiger partial charge in [0.2, 0.25) is 0 Å². The molecule has 102 valence electrons. The molecule has 19 heavy (non-hydrogen) atoms. The quantitative estimate of drug-likeness (QED) is 0.901. The summed E-state index contributed by atoms with van der Waals surface area (Å²) in [6.45, 7) is 1.88. The Balaban J connectivity index is 1.82. The van der Waals surface area contributed by atoms with Crippen LogP contribution in [0.3, 0.4) is 0 Å². The van der Waals surface area contributed by atoms with Gasteiger partial charge in [-0.05, 0) is 37.8 Å². The second-order valence-electron chi connectivity index (χ2n) is 5.56. The molecule has 0 radical (unpaired) electrons. The SMILES string of the molecule is Cc1nc2ccc(N(C)C3CCC(N)CC3)cc2o1. The Morgan fingerprint density at radius 1 is 1.26 bits per heavy atom. The van der Waals surface area contributed by atoms with Crippen LogP contribution in [-0.4, -0.2) is 24.1 Å². The zero-order valence-corrected chi connectivity index (χ0v) is 11.6. The summed E-state index contributed by atoms with van der Waals surface area (Å²) in [6.07, 6.45) is 4.59. The average molecular weight is 259 g/mol. The van der Waals surface area contributed by atoms with Crippen molar-refractivity contribution in [3.63, 3.8) is 0 Å². The predicted octanol–water partition coefficient (Wildman–Crippen LogP) is 2.84. The highest BCUT2D eigenvalue weighted by molar-refractivity contribution is 5.77. The monoisotopic (exact) mass is 259 g/mol. The first kappa shape index (κ1) is 12.5. The van der Waals surface area contributed by atoms with Crippen LogP contribution in [0.5, 0.6) is 0 Å². The van der Waals surface area contributed by atoms with Gasteiger partial charge in [0.15, 0.2) is 11.5 Å². The van der Waals surface area contributed by atoms with E-state index in [1.54, 1.807) is 0 Å². The van der Waals surface area contributed by atoms with Crippen molar-refractivity contribution in [1.82, 2.24) is 4.98 Å². The van der Waals surface area contributed by atoms with Crippen LogP contribution in [0.15, 0.2) is 22.6 Å². The molecule has 4 nitrogen and oxygen atoms in total. The van der Waals surface area contributed by atoms with Crippen LogP contribution in [0.1, 0.15) is 31.6 Å². The highest BCUT2D eigenvalue weighted by Crippen LogP contribution is 2.28. The lowest BCUT2D eigenvalue weighted by atomic mass is 9.91. The smallest absolute Gasteiger partial charge is 0.192 e. The Labute approximate surface area is 113 Å². The van der Waals surface area contributed by atoms with Crippen LogP contribution >= 0.6 is 0 Å². The Morgan fingerprint density at radius 2 is 2.00 bits per heavy atom. The molecule has 1 aliphatic carbocycles. The zero-order valence-electron chi connectivity index (χ0n) is 11.6. The first-order valence-corrected chi connectivity index (χ1v) is 6.99. The van der Waals surface area contributed by atoms with Crippen molar-refractivity contribution in [1.29, 1.82) is 0 Å². The van der Waals surface area contributed by atoms with Gasteiger partial charge in [-0.2, -0.15) is 0 Å². The average Bonchev–Trinajstić information content (AvgIpc) is 2.77. The minimum Gasteiger partial charge on any atom is -0.441 e. The van der Waals surface area contributed by atoms with Crippen LogP contribution in [0.2, 0.25) is 0 Å². The number of rotatable bonds is 2. The van der Waals surface area contributed by atoms with E-state index in [0.717, 1.165) is 29.8 Å². The lowest BCUT2D eigenvalue weighted by molar-refractivity contribution is 0.385. The molecule has 1 fully saturated rings. The number of nitrogens with zero attached hydrogens (tertiary/aromatic N) is 2. The standard InChI is InChI=1S/C15H21N3O/c1-10-17-14-8-7-13(9-15(14)19-10)18(2)12-5-3-11(16)4-6-12/h7-9,11-12H,3-6,16H2,1-2H3. The third kappa shape index (κ3) is 2.45. The summed E-state index contributed by atoms with van der Waals surface area (Å²) >= 11 is 0. The van der Waals surface area contributed by atoms with Gasteiger partial charge in [-0.1, -0.05) is 0 Å². The summed E-state index contributed by atoms with van der Waals surface area (Å²) in [4.78, 5) is 6.68. The molecule has 0 saturated heterocycles. The molecule has 0 unspecified atom stereocenters. The van der Waals surface area contributed by atoms with Gasteiger partial charge >= 0.3 is 0 Å². The molecule has 2 N–H and O–H groups in total. The number of aryl methyl sites for hydroxylation is 1. The van der Waals surface area contributed by atoms with Crippen molar-refractivity contribution in [3.8, 4) is 0 Å². The number of hydrogen-bond acceptors (Lipinski definition) is 4. The molecule has 1 aromatic heterocycles. The topological polar surface area (TPSA) is 55.3 Å². The highest BCUT2D eigenvalue weighted by Gasteiger charge is 2.22. The maximum Gasteiger partial charge on any atom is 0.192 e. The Kier molecular flexibility index (Phi) is 3.19. The maximum absolute atomic E-state index is 5.97. The molecule has 1 aliphatic rings. The van der Waals surface area contributed by atoms with Gasteiger partial charge in [0, 0.05) is 37.8 Å². The van der Waals surface area contributed by atoms with E-state index in [-0.39, 0.29) is 0 Å². The lowest BCUT2D eigenvalue weighted by Crippen LogP contribution is -2.38. The molecule has 1 saturated carbocycles. The Hall–Kier alpha value is -1.55. The number of nitrogens with two attached hydrogens (primary N) is 1. The van der Waals surface area contributed by atoms with Gasteiger partial charge in [0.05, 0.1) is 0 Å². The van der Waals surface area contributed by atoms with Crippen LogP contribution in [0, 0.1) is 6.92 Å². The van der Waals surface area contributed by atoms with E-state index >= 15 is 0 Å². The summed E-state index contributed by atoms with van der Waals surface area (Å²) < 4.78 is 5.61. The van der Waals surface area contributed by atoms with E-state index in [1.165, 1.54) is 18.5 Å². The van der Waals surface area contributed by atoms with Crippen molar-refractivity contribution >= 4 is 16.8 Å². The molecule has 0 atom stereocenters. The molecular formula is C15H21N3O. The number of benzene rings is 1. The number of hydrogen-bond donors (Lipinski definition) is 1. The van der Waals surface area contributed by atoms with Gasteiger partial charge in [0.1, 0.15) is 5.52 Å². The van der Waals surface area contributed by atoms with Crippen molar-refractivity contribution in [2.45, 2.75) is 44.7 Å². The second kappa shape index (κ2) is 4.85. The van der Waals surface area contributed by atoms with E-state index in [2.05, 4.69) is 29.1 Å². The van der Waals surface area contributed by atoms with E-state index in [0.29, 0.717) is 12.1 Å². The van der Waals surface area contributed by atoms with Gasteiger partial charge in [-0.15, -0.1) is 0 Å². The number of anilines is 1. The lowest BCUT2D eigenvalue weighted by Gasteiger charge is -2.34. The minimum absolute atomic E-state index is 0.393. The molecule has 0 bridgehead atoms. The molecule has 2 aromatic rings. The minimum atomic E-state index is 0.393. The van der Waals surface area contributed by atoms with E-state index < -0.39 is 0 Å². The highest BCUT2D eigenvalue weighted by atomic mass is 16.3. The van der Waals surface area contributed by atoms with E-state index in [4.69, 9.17) is 10.2 Å². The molecule has 3 rings (SSSR count). The summed E-state index contributed by atoms with van der Waals surface area (Å²) in [5.74, 6) is 0.721. The second-order valence-corrected chi connectivity index (χ2v) is 5.56. The van der Waals surface area contributed by atoms with Crippen LogP contribution in [-0.2, 0) is 0 Å². The summed E-state index contributed by atoms with van der Waals surface area (Å²) in [5, 5.41) is 0. The number of oxazole rings is 1. The maximum atomic E-state index is 5.97. The van der Waals surface area contributed by atoms with Gasteiger partial charge in [-0.25, -0.2) is 4.98 Å². The third-order valence-electron chi connectivity index (χ3n) is 4.18. The molecule has 0 spiro atoms. The van der Waals surface area contributed by atoms with Crippen molar-refractivity contribution in [2.75, 3.05) is 11.9 Å². The Bertz CT molecular complexity index is 570. The normalized spacial score (nSPS) is 23.7. The van der Waals surface area contributed by atoms with Crippen LogP contribution in [0.4, 0.5) is 5.69 Å². The molecule has 4 heteroatoms. The van der Waals surface area contributed by atoms with Gasteiger partial charge in [-0.3, -0.25) is 0 Å². The number of fused-ring (bicyclic) bond motifs is 1. The summed E-state index contributed by atoms with van der Waals surface area (Å²) in [7, 11) is 2.16. The van der Waals surface area contributed by atoms with Crippen molar-refractivity contribution in [3.05, 3.63) is 24.1 Å². The van der Waals surface area contributed by atoms with E-state index in [9.17, 15) is 0 Å². The fourth-order valence-electron chi connectivity index (χ4n) is 2.95. The Morgan fingerprint density at radius 3 is 2.74 bits per heavy atom. The summed E-state index contributed by atoms with van der Waals surface area (Å²) in [6, 6.07) is 7.22. The van der Waals surface area contributed by atoms with Crippen molar-refractivity contribution < 1.29 is 4.42 Å². The van der Waals surface area contributed by atoms with Crippen molar-refractivity contribution in [2.24, 2.45) is 5.73 Å². The molecule has 0 amide bonds. The van der Waals surface area contributed by atoms with Gasteiger partial charge < -0.3 is 15.1 Å². The fraction of sp³-hybridized carbons (Fsp3) is 0.533. The number of aromatic nitrogens is 1. The molecular weight excluding hydrogens is 238 g/mol. The van der Waals surface area contributed by atoms with Gasteiger partial charge in [0.25, 0.3) is 0 Å². The largest absolute Gasteiger partial charge is 0.441 e. The molecule has 1 aromatic carbocycles. The summed E-state index contributed by atoms with van der Waals surface area (Å²) in [5.41, 5.74) is 8.97. The van der Waals surface area contributed by atoms with Crippen LogP contribution < -0.4 is 10.6 Å². The first-order chi connectivity index (χ1) is 9.13. The predicted molar refractivity (Wildman–Crippen MR) is 77.4 cm³/mol. The molecule has 1 heterocycles. The fourth-order valence-corrected chi connectivity index (χ4v) is 2.95.